The van der Waals surface area contributed by atoms with Crippen LogP contribution < -0.4 is 10.5 Å². The molecule has 0 aromatic heterocycles. The van der Waals surface area contributed by atoms with Crippen LogP contribution in [0.1, 0.15) is 88.1 Å². The van der Waals surface area contributed by atoms with E-state index in [-0.39, 0.29) is 57.8 Å². The first-order valence-electron chi connectivity index (χ1n) is 12.7. The second-order valence-corrected chi connectivity index (χ2v) is 10.8. The van der Waals surface area contributed by atoms with Crippen molar-refractivity contribution in [3.63, 3.8) is 0 Å². The number of carbonyl (C=O) groups excluding carboxylic acids is 3. The topological polar surface area (TPSA) is 166 Å². The van der Waals surface area contributed by atoms with Gasteiger partial charge in [-0.05, 0) is 32.8 Å². The maximum absolute atomic E-state index is 13.7. The van der Waals surface area contributed by atoms with E-state index in [2.05, 4.69) is 0 Å². The molecule has 3 aliphatic carbocycles. The molecule has 0 bridgehead atoms. The van der Waals surface area contributed by atoms with Crippen LogP contribution in [0.15, 0.2) is 18.2 Å². The number of methoxy groups -OCH3 is 1. The average Bonchev–Trinajstić information content (AvgIpc) is 3.62. The molecule has 1 heterocycles. The van der Waals surface area contributed by atoms with Gasteiger partial charge in [-0.25, -0.2) is 0 Å². The highest BCUT2D eigenvalue weighted by molar-refractivity contribution is 6.31. The fraction of sp³-hybridized carbons (Fsp3) is 0.464. The van der Waals surface area contributed by atoms with Gasteiger partial charge in [0.05, 0.1) is 42.1 Å². The molecule has 1 aliphatic heterocycles. The smallest absolute Gasteiger partial charge is 0.202 e. The second kappa shape index (κ2) is 8.34. The Morgan fingerprint density at radius 1 is 1.08 bits per heavy atom. The van der Waals surface area contributed by atoms with Crippen LogP contribution in [0.5, 0.6) is 17.2 Å². The van der Waals surface area contributed by atoms with E-state index in [9.17, 15) is 29.7 Å². The first-order chi connectivity index (χ1) is 18.0. The van der Waals surface area contributed by atoms with E-state index >= 15 is 0 Å². The Morgan fingerprint density at radius 2 is 1.76 bits per heavy atom. The van der Waals surface area contributed by atoms with Crippen molar-refractivity contribution in [2.75, 3.05) is 7.11 Å². The third kappa shape index (κ3) is 3.24. The molecule has 5 N–H and O–H groups in total. The first-order valence-corrected chi connectivity index (χ1v) is 12.7. The van der Waals surface area contributed by atoms with Crippen LogP contribution in [0.2, 0.25) is 0 Å². The van der Waals surface area contributed by atoms with E-state index in [0.717, 1.165) is 0 Å². The predicted molar refractivity (Wildman–Crippen MR) is 131 cm³/mol. The van der Waals surface area contributed by atoms with Crippen molar-refractivity contribution >= 4 is 17.3 Å². The number of Topliss-reactive ketones (excluding diaryl/α,β-unsaturated/α-hetero) is 1. The maximum atomic E-state index is 13.7. The van der Waals surface area contributed by atoms with Gasteiger partial charge in [0.25, 0.3) is 0 Å². The number of aliphatic hydroxyl groups is 1. The molecule has 6 rings (SSSR count). The second-order valence-electron chi connectivity index (χ2n) is 10.8. The molecule has 0 unspecified atom stereocenters. The van der Waals surface area contributed by atoms with Crippen LogP contribution in [-0.2, 0) is 14.3 Å². The molecule has 10 nitrogen and oxygen atoms in total. The predicted octanol–water partition coefficient (Wildman–Crippen LogP) is 2.23. The quantitative estimate of drug-likeness (QED) is 0.373. The molecular weight excluding hydrogens is 494 g/mol. The Bertz CT molecular complexity index is 1410. The number of fused-ring (bicyclic) bond motifs is 5. The van der Waals surface area contributed by atoms with E-state index in [1.54, 1.807) is 19.1 Å². The SMILES string of the molecule is COc1cccc2c1C(=O)c1c(O)c3c(c(O)c1C2=O)[C@H]1C[C@@]1(C(C)=O)C[C@H]3O[C@H]1C[C@@H](N)[C@@H](O)[C@@H](C)O1. The Morgan fingerprint density at radius 3 is 2.42 bits per heavy atom. The summed E-state index contributed by atoms with van der Waals surface area (Å²) >= 11 is 0. The number of aromatic hydroxyl groups is 2. The number of ketones is 3. The number of rotatable bonds is 4. The lowest BCUT2D eigenvalue weighted by Gasteiger charge is -2.40. The summed E-state index contributed by atoms with van der Waals surface area (Å²) in [7, 11) is 1.37. The highest BCUT2D eigenvalue weighted by atomic mass is 16.7. The summed E-state index contributed by atoms with van der Waals surface area (Å²) in [5.74, 6) is -2.53. The van der Waals surface area contributed by atoms with Gasteiger partial charge >= 0.3 is 0 Å². The van der Waals surface area contributed by atoms with Crippen LogP contribution >= 0.6 is 0 Å². The van der Waals surface area contributed by atoms with Gasteiger partial charge < -0.3 is 35.3 Å². The number of hydrogen-bond acceptors (Lipinski definition) is 10. The van der Waals surface area contributed by atoms with Crippen LogP contribution in [0, 0.1) is 5.41 Å². The summed E-state index contributed by atoms with van der Waals surface area (Å²) in [6.45, 7) is 3.14. The van der Waals surface area contributed by atoms with Gasteiger partial charge in [0.15, 0.2) is 12.1 Å². The van der Waals surface area contributed by atoms with Crippen LogP contribution in [-0.4, -0.2) is 64.3 Å². The molecule has 1 saturated heterocycles. The van der Waals surface area contributed by atoms with Crippen molar-refractivity contribution < 1.29 is 43.9 Å². The zero-order valence-corrected chi connectivity index (χ0v) is 21.2. The minimum atomic E-state index is -0.939. The molecular formula is C28H29NO9. The van der Waals surface area contributed by atoms with Crippen molar-refractivity contribution in [1.82, 2.24) is 0 Å². The number of ether oxygens (including phenoxy) is 3. The van der Waals surface area contributed by atoms with Crippen molar-refractivity contribution in [2.24, 2.45) is 11.1 Å². The number of phenolic OH excluding ortho intramolecular Hbond substituents is 2. The van der Waals surface area contributed by atoms with Gasteiger partial charge in [0, 0.05) is 40.5 Å². The van der Waals surface area contributed by atoms with E-state index in [1.165, 1.54) is 20.1 Å². The van der Waals surface area contributed by atoms with Crippen LogP contribution in [0.4, 0.5) is 0 Å². The molecule has 2 fully saturated rings. The largest absolute Gasteiger partial charge is 0.507 e. The number of nitrogens with two attached hydrogens (primary N) is 1. The highest BCUT2D eigenvalue weighted by Crippen LogP contribution is 2.71. The third-order valence-electron chi connectivity index (χ3n) is 8.76. The van der Waals surface area contributed by atoms with Gasteiger partial charge in [-0.2, -0.15) is 0 Å². The van der Waals surface area contributed by atoms with E-state index in [1.807, 2.05) is 0 Å². The van der Waals surface area contributed by atoms with Crippen LogP contribution in [0.3, 0.4) is 0 Å². The zero-order chi connectivity index (χ0) is 27.3. The number of hydrogen-bond donors (Lipinski definition) is 4. The molecule has 2 aromatic rings. The van der Waals surface area contributed by atoms with E-state index in [0.29, 0.717) is 6.42 Å². The number of aliphatic hydroxyl groups excluding tert-OH is 1. The summed E-state index contributed by atoms with van der Waals surface area (Å²) in [5.41, 5.74) is 5.10. The Hall–Kier alpha value is -3.31. The van der Waals surface area contributed by atoms with Gasteiger partial charge in [-0.1, -0.05) is 12.1 Å². The maximum Gasteiger partial charge on any atom is 0.202 e. The van der Waals surface area contributed by atoms with Crippen molar-refractivity contribution in [3.8, 4) is 17.2 Å². The van der Waals surface area contributed by atoms with E-state index in [4.69, 9.17) is 19.9 Å². The molecule has 0 amide bonds. The fourth-order valence-electron chi connectivity index (χ4n) is 6.61. The normalized spacial score (nSPS) is 33.1. The lowest BCUT2D eigenvalue weighted by molar-refractivity contribution is -0.243. The Balaban J connectivity index is 1.52. The monoisotopic (exact) mass is 523 g/mol. The standard InChI is InChI=1S/C28H29NO9/c1-10-23(31)14(29)7-17(37-10)38-16-9-28(11(2)30)8-13(28)19-20(16)27(35)22-21(26(19)34)24(32)12-5-4-6-15(36-3)18(12)25(22)33/h4-6,10,13-14,16-17,23,31,34-35H,7-9,29H2,1-3H3/t10-,13-,14-,16-,17+,23+,28+/m1/s1. The molecule has 4 aliphatic rings. The lowest BCUT2D eigenvalue weighted by Crippen LogP contribution is -2.52. The van der Waals surface area contributed by atoms with Gasteiger partial charge in [0.2, 0.25) is 5.78 Å². The molecule has 1 saturated carbocycles. The zero-order valence-electron chi connectivity index (χ0n) is 21.2. The highest BCUT2D eigenvalue weighted by Gasteiger charge is 2.65. The fourth-order valence-corrected chi connectivity index (χ4v) is 6.61. The molecule has 2 aromatic carbocycles. The average molecular weight is 524 g/mol. The Labute approximate surface area is 218 Å². The summed E-state index contributed by atoms with van der Waals surface area (Å²) in [4.78, 5) is 40.1. The number of benzene rings is 2. The number of carbonyl (C=O) groups is 3. The summed E-state index contributed by atoms with van der Waals surface area (Å²) in [5, 5.41) is 33.3. The van der Waals surface area contributed by atoms with Gasteiger partial charge in [-0.15, -0.1) is 0 Å². The van der Waals surface area contributed by atoms with Crippen molar-refractivity contribution in [1.29, 1.82) is 0 Å². The molecule has 200 valence electrons. The first kappa shape index (κ1) is 25.0. The minimum absolute atomic E-state index is 0.00401. The minimum Gasteiger partial charge on any atom is -0.507 e. The lowest BCUT2D eigenvalue weighted by atomic mass is 9.73. The molecule has 38 heavy (non-hydrogen) atoms. The molecule has 0 spiro atoms. The molecule has 7 atom stereocenters. The Kier molecular flexibility index (Phi) is 5.49. The van der Waals surface area contributed by atoms with E-state index < -0.39 is 65.0 Å². The molecule has 10 heteroatoms. The summed E-state index contributed by atoms with van der Waals surface area (Å²) in [6, 6.07) is 3.97. The third-order valence-corrected chi connectivity index (χ3v) is 8.76. The van der Waals surface area contributed by atoms with Crippen molar-refractivity contribution in [3.05, 3.63) is 51.6 Å². The van der Waals surface area contributed by atoms with Crippen molar-refractivity contribution in [2.45, 2.75) is 69.7 Å². The van der Waals surface area contributed by atoms with Gasteiger partial charge in [0.1, 0.15) is 23.0 Å². The van der Waals surface area contributed by atoms with Crippen LogP contribution in [0.25, 0.3) is 0 Å². The number of phenols is 2. The summed E-state index contributed by atoms with van der Waals surface area (Å²) < 4.78 is 17.4. The summed E-state index contributed by atoms with van der Waals surface area (Å²) in [6.07, 6.45) is -2.54. The molecule has 0 radical (unpaired) electrons. The van der Waals surface area contributed by atoms with Gasteiger partial charge in [-0.3, -0.25) is 14.4 Å².